The largest absolute Gasteiger partial charge is 0.325 e. The van der Waals surface area contributed by atoms with Crippen molar-refractivity contribution in [2.75, 3.05) is 38.0 Å². The van der Waals surface area contributed by atoms with E-state index in [0.29, 0.717) is 37.6 Å². The summed E-state index contributed by atoms with van der Waals surface area (Å²) in [4.78, 5) is 13.8. The summed E-state index contributed by atoms with van der Waals surface area (Å²) < 4.78 is 27.4. The second-order valence-corrected chi connectivity index (χ2v) is 9.94. The number of hydrogen-bond acceptors (Lipinski definition) is 3. The van der Waals surface area contributed by atoms with Crippen LogP contribution in [0.1, 0.15) is 22.3 Å². The Balaban J connectivity index is 1.57. The maximum atomic E-state index is 12.9. The van der Waals surface area contributed by atoms with Gasteiger partial charge in [0.2, 0.25) is 10.0 Å². The van der Waals surface area contributed by atoms with Crippen LogP contribution in [0, 0.1) is 27.7 Å². The molecule has 7 heteroatoms. The summed E-state index contributed by atoms with van der Waals surface area (Å²) in [6.07, 6.45) is 0. The van der Waals surface area contributed by atoms with Crippen molar-refractivity contribution >= 4 is 21.6 Å². The number of benzene rings is 2. The Kier molecular flexibility index (Phi) is 6.41. The van der Waals surface area contributed by atoms with Crippen LogP contribution in [0.4, 0.5) is 5.69 Å². The number of amides is 1. The molecule has 1 aliphatic heterocycles. The van der Waals surface area contributed by atoms with Crippen molar-refractivity contribution in [2.45, 2.75) is 32.6 Å². The number of sulfonamides is 1. The molecule has 1 fully saturated rings. The molecule has 2 aromatic carbocycles. The molecule has 1 heterocycles. The minimum absolute atomic E-state index is 0.0459. The number of aryl methyl sites for hydroxylation is 4. The molecule has 0 aliphatic carbocycles. The summed E-state index contributed by atoms with van der Waals surface area (Å²) in [6, 6.07) is 11.2. The number of anilines is 1. The first kappa shape index (κ1) is 21.5. The normalized spacial score (nSPS) is 16.0. The van der Waals surface area contributed by atoms with Gasteiger partial charge in [0.05, 0.1) is 31.1 Å². The first-order valence-electron chi connectivity index (χ1n) is 9.94. The van der Waals surface area contributed by atoms with Gasteiger partial charge in [-0.2, -0.15) is 4.31 Å². The average Bonchev–Trinajstić information content (AvgIpc) is 2.63. The summed E-state index contributed by atoms with van der Waals surface area (Å²) in [6.45, 7) is 10.3. The maximum Gasteiger partial charge on any atom is 0.279 e. The van der Waals surface area contributed by atoms with E-state index in [-0.39, 0.29) is 5.91 Å². The molecule has 0 unspecified atom stereocenters. The van der Waals surface area contributed by atoms with Crippen molar-refractivity contribution in [3.63, 3.8) is 0 Å². The minimum Gasteiger partial charge on any atom is -0.325 e. The molecule has 0 radical (unpaired) electrons. The molecule has 0 bridgehead atoms. The lowest BCUT2D eigenvalue weighted by Crippen LogP contribution is -3.15. The molecule has 2 aromatic rings. The molecule has 6 nitrogen and oxygen atoms in total. The predicted molar refractivity (Wildman–Crippen MR) is 115 cm³/mol. The zero-order valence-electron chi connectivity index (χ0n) is 17.6. The summed E-state index contributed by atoms with van der Waals surface area (Å²) in [5, 5.41) is 2.96. The van der Waals surface area contributed by atoms with E-state index in [9.17, 15) is 13.2 Å². The molecule has 2 N–H and O–H groups in total. The van der Waals surface area contributed by atoms with Crippen LogP contribution < -0.4 is 10.2 Å². The number of nitrogens with one attached hydrogen (secondary N) is 2. The third-order valence-electron chi connectivity index (χ3n) is 5.46. The molecule has 3 rings (SSSR count). The topological polar surface area (TPSA) is 70.9 Å². The van der Waals surface area contributed by atoms with Crippen LogP contribution in [0.25, 0.3) is 0 Å². The molecule has 0 atom stereocenters. The van der Waals surface area contributed by atoms with Gasteiger partial charge in [-0.05, 0) is 74.2 Å². The molecule has 1 saturated heterocycles. The van der Waals surface area contributed by atoms with Crippen LogP contribution in [0.5, 0.6) is 0 Å². The number of quaternary nitrogens is 1. The van der Waals surface area contributed by atoms with Gasteiger partial charge < -0.3 is 10.2 Å². The second kappa shape index (κ2) is 8.65. The molecule has 29 heavy (non-hydrogen) atoms. The van der Waals surface area contributed by atoms with Gasteiger partial charge in [0.1, 0.15) is 0 Å². The monoisotopic (exact) mass is 416 g/mol. The van der Waals surface area contributed by atoms with Crippen LogP contribution in [0.15, 0.2) is 41.3 Å². The van der Waals surface area contributed by atoms with Gasteiger partial charge in [-0.3, -0.25) is 4.79 Å². The van der Waals surface area contributed by atoms with Crippen LogP contribution in [0.3, 0.4) is 0 Å². The third-order valence-corrected chi connectivity index (χ3v) is 7.36. The van der Waals surface area contributed by atoms with E-state index in [0.717, 1.165) is 32.8 Å². The van der Waals surface area contributed by atoms with Crippen molar-refractivity contribution < 1.29 is 18.1 Å². The molecule has 1 aliphatic rings. The zero-order chi connectivity index (χ0) is 21.2. The van der Waals surface area contributed by atoms with Crippen LogP contribution >= 0.6 is 0 Å². The molecular weight excluding hydrogens is 386 g/mol. The Bertz CT molecular complexity index is 990. The van der Waals surface area contributed by atoms with E-state index < -0.39 is 10.0 Å². The van der Waals surface area contributed by atoms with E-state index >= 15 is 0 Å². The minimum atomic E-state index is -3.49. The summed E-state index contributed by atoms with van der Waals surface area (Å²) >= 11 is 0. The number of hydrogen-bond donors (Lipinski definition) is 2. The van der Waals surface area contributed by atoms with E-state index in [2.05, 4.69) is 11.4 Å². The van der Waals surface area contributed by atoms with Gasteiger partial charge in [-0.1, -0.05) is 12.1 Å². The van der Waals surface area contributed by atoms with Gasteiger partial charge in [0.15, 0.2) is 6.54 Å². The highest BCUT2D eigenvalue weighted by Gasteiger charge is 2.31. The Morgan fingerprint density at radius 2 is 1.59 bits per heavy atom. The van der Waals surface area contributed by atoms with Crippen molar-refractivity contribution in [3.05, 3.63) is 58.7 Å². The number of carbonyl (C=O) groups is 1. The van der Waals surface area contributed by atoms with Gasteiger partial charge in [-0.25, -0.2) is 8.42 Å². The van der Waals surface area contributed by atoms with E-state index in [4.69, 9.17) is 0 Å². The van der Waals surface area contributed by atoms with E-state index in [1.165, 1.54) is 4.31 Å². The van der Waals surface area contributed by atoms with Crippen LogP contribution in [-0.2, 0) is 14.8 Å². The van der Waals surface area contributed by atoms with E-state index in [1.807, 2.05) is 45.9 Å². The number of carbonyl (C=O) groups excluding carboxylic acids is 1. The van der Waals surface area contributed by atoms with Crippen LogP contribution in [0.2, 0.25) is 0 Å². The first-order chi connectivity index (χ1) is 13.6. The molecular formula is C22H30N3O3S+. The third kappa shape index (κ3) is 5.23. The highest BCUT2D eigenvalue weighted by molar-refractivity contribution is 7.89. The lowest BCUT2D eigenvalue weighted by Gasteiger charge is -2.31. The Morgan fingerprint density at radius 3 is 2.17 bits per heavy atom. The lowest BCUT2D eigenvalue weighted by molar-refractivity contribution is -0.895. The average molecular weight is 417 g/mol. The Hall–Kier alpha value is -2.22. The first-order valence-corrected chi connectivity index (χ1v) is 11.4. The Labute approximate surface area is 173 Å². The summed E-state index contributed by atoms with van der Waals surface area (Å²) in [5.74, 6) is -0.0459. The van der Waals surface area contributed by atoms with Gasteiger partial charge in [0.25, 0.3) is 5.91 Å². The van der Waals surface area contributed by atoms with Gasteiger partial charge in [-0.15, -0.1) is 0 Å². The molecule has 0 spiro atoms. The molecule has 0 aromatic heterocycles. The number of nitrogens with zero attached hydrogens (tertiary/aromatic N) is 1. The predicted octanol–water partition coefficient (Wildman–Crippen LogP) is 1.45. The molecule has 0 saturated carbocycles. The number of piperazine rings is 1. The number of rotatable bonds is 5. The smallest absolute Gasteiger partial charge is 0.279 e. The van der Waals surface area contributed by atoms with Gasteiger partial charge in [0, 0.05) is 5.69 Å². The van der Waals surface area contributed by atoms with Crippen molar-refractivity contribution in [1.82, 2.24) is 4.31 Å². The van der Waals surface area contributed by atoms with Crippen molar-refractivity contribution in [2.24, 2.45) is 0 Å². The van der Waals surface area contributed by atoms with E-state index in [1.54, 1.807) is 12.1 Å². The highest BCUT2D eigenvalue weighted by atomic mass is 32.2. The van der Waals surface area contributed by atoms with Gasteiger partial charge >= 0.3 is 0 Å². The van der Waals surface area contributed by atoms with Crippen LogP contribution in [-0.4, -0.2) is 51.4 Å². The zero-order valence-corrected chi connectivity index (χ0v) is 18.4. The molecule has 156 valence electrons. The molecule has 1 amide bonds. The summed E-state index contributed by atoms with van der Waals surface area (Å²) in [5.41, 5.74) is 5.07. The highest BCUT2D eigenvalue weighted by Crippen LogP contribution is 2.19. The SMILES string of the molecule is Cc1cc(C)cc(NC(=O)C[NH+]2CCN(S(=O)(=O)c3ccc(C)c(C)c3)CC2)c1. The lowest BCUT2D eigenvalue weighted by atomic mass is 10.1. The second-order valence-electron chi connectivity index (χ2n) is 8.00. The quantitative estimate of drug-likeness (QED) is 0.775. The van der Waals surface area contributed by atoms with Crippen molar-refractivity contribution in [1.29, 1.82) is 0 Å². The fourth-order valence-electron chi connectivity index (χ4n) is 3.72. The maximum absolute atomic E-state index is 12.9. The standard InChI is InChI=1S/C22H29N3O3S/c1-16-11-17(2)13-20(12-16)23-22(26)15-24-7-9-25(10-8-24)29(27,28)21-6-5-18(3)19(4)14-21/h5-6,11-14H,7-10,15H2,1-4H3,(H,23,26)/p+1. The summed E-state index contributed by atoms with van der Waals surface area (Å²) in [7, 11) is -3.49. The Morgan fingerprint density at radius 1 is 0.966 bits per heavy atom. The van der Waals surface area contributed by atoms with Crippen molar-refractivity contribution in [3.8, 4) is 0 Å². The fraction of sp³-hybridized carbons (Fsp3) is 0.409. The fourth-order valence-corrected chi connectivity index (χ4v) is 5.25.